The number of amides is 1. The third-order valence-corrected chi connectivity index (χ3v) is 6.44. The van der Waals surface area contributed by atoms with Crippen molar-refractivity contribution in [3.05, 3.63) is 29.6 Å². The third kappa shape index (κ3) is 5.25. The van der Waals surface area contributed by atoms with Crippen LogP contribution in [-0.4, -0.2) is 58.8 Å². The number of piperidine rings is 1. The minimum Gasteiger partial charge on any atom is -0.354 e. The second-order valence-corrected chi connectivity index (χ2v) is 8.96. The summed E-state index contributed by atoms with van der Waals surface area (Å²) in [5.41, 5.74) is -0.333. The largest absolute Gasteiger partial charge is 0.354 e. The molecule has 1 aromatic rings. The number of methoxy groups -OCH3 is 2. The molecule has 0 aromatic heterocycles. The van der Waals surface area contributed by atoms with Gasteiger partial charge in [-0.25, -0.2) is 12.8 Å². The summed E-state index contributed by atoms with van der Waals surface area (Å²) in [6.45, 7) is 4.83. The van der Waals surface area contributed by atoms with Gasteiger partial charge in [-0.05, 0) is 36.5 Å². The highest BCUT2D eigenvalue weighted by molar-refractivity contribution is 7.89. The topological polar surface area (TPSA) is 84.9 Å². The fourth-order valence-electron chi connectivity index (χ4n) is 3.32. The first-order valence-corrected chi connectivity index (χ1v) is 10.3. The maximum atomic E-state index is 14.1. The van der Waals surface area contributed by atoms with Crippen LogP contribution in [0, 0.1) is 17.7 Å². The van der Waals surface area contributed by atoms with Crippen LogP contribution < -0.4 is 5.32 Å². The Morgan fingerprint density at radius 1 is 1.26 bits per heavy atom. The number of nitrogens with one attached hydrogen (secondary N) is 1. The predicted molar refractivity (Wildman–Crippen MR) is 98.2 cm³/mol. The number of halogens is 1. The SMILES string of the molecule is COC(CNC(=O)c1cc(S(=O)(=O)N2C[C@H](C)C[C@H](C)C2)ccc1F)OC. The summed E-state index contributed by atoms with van der Waals surface area (Å²) >= 11 is 0. The molecule has 2 rings (SSSR count). The number of carbonyl (C=O) groups is 1. The van der Waals surface area contributed by atoms with E-state index in [9.17, 15) is 17.6 Å². The average molecular weight is 402 g/mol. The van der Waals surface area contributed by atoms with Gasteiger partial charge in [-0.3, -0.25) is 4.79 Å². The molecule has 1 aromatic carbocycles. The fraction of sp³-hybridized carbons (Fsp3) is 0.611. The molecule has 2 atom stereocenters. The van der Waals surface area contributed by atoms with Gasteiger partial charge < -0.3 is 14.8 Å². The average Bonchev–Trinajstić information content (AvgIpc) is 2.61. The van der Waals surface area contributed by atoms with Gasteiger partial charge in [0.1, 0.15) is 5.82 Å². The standard InChI is InChI=1S/C18H27FN2O5S/c1-12-7-13(2)11-21(10-12)27(23,24)14-5-6-16(19)15(8-14)18(22)20-9-17(25-3)26-4/h5-6,8,12-13,17H,7,9-11H2,1-4H3,(H,20,22)/t12-,13+. The summed E-state index contributed by atoms with van der Waals surface area (Å²) in [6.07, 6.45) is 0.281. The van der Waals surface area contributed by atoms with E-state index in [1.165, 1.54) is 24.6 Å². The quantitative estimate of drug-likeness (QED) is 0.704. The first kappa shape index (κ1) is 21.7. The summed E-state index contributed by atoms with van der Waals surface area (Å²) in [6, 6.07) is 3.28. The fourth-order valence-corrected chi connectivity index (χ4v) is 5.03. The van der Waals surface area contributed by atoms with Gasteiger partial charge in [0.2, 0.25) is 10.0 Å². The summed E-state index contributed by atoms with van der Waals surface area (Å²) in [5.74, 6) is -1.04. The molecule has 0 radical (unpaired) electrons. The van der Waals surface area contributed by atoms with Crippen molar-refractivity contribution < 1.29 is 27.1 Å². The Kier molecular flexibility index (Phi) is 7.32. The van der Waals surface area contributed by atoms with Gasteiger partial charge in [-0.2, -0.15) is 4.31 Å². The van der Waals surface area contributed by atoms with Crippen molar-refractivity contribution in [2.45, 2.75) is 31.5 Å². The predicted octanol–water partition coefficient (Wildman–Crippen LogP) is 1.84. The molecular weight excluding hydrogens is 375 g/mol. The van der Waals surface area contributed by atoms with E-state index >= 15 is 0 Å². The molecule has 0 unspecified atom stereocenters. The van der Waals surface area contributed by atoms with Crippen LogP contribution in [-0.2, 0) is 19.5 Å². The molecule has 1 N–H and O–H groups in total. The number of benzene rings is 1. The Bertz CT molecular complexity index is 757. The van der Waals surface area contributed by atoms with Crippen molar-refractivity contribution in [1.82, 2.24) is 9.62 Å². The van der Waals surface area contributed by atoms with E-state index in [0.29, 0.717) is 13.1 Å². The van der Waals surface area contributed by atoms with Crippen LogP contribution in [0.15, 0.2) is 23.1 Å². The summed E-state index contributed by atoms with van der Waals surface area (Å²) in [7, 11) is -0.981. The molecular formula is C18H27FN2O5S. The number of hydrogen-bond acceptors (Lipinski definition) is 5. The summed E-state index contributed by atoms with van der Waals surface area (Å²) in [4.78, 5) is 12.2. The molecule has 0 saturated carbocycles. The van der Waals surface area contributed by atoms with Crippen LogP contribution in [0.3, 0.4) is 0 Å². The van der Waals surface area contributed by atoms with Gasteiger partial charge in [0, 0.05) is 27.3 Å². The second kappa shape index (κ2) is 9.09. The van der Waals surface area contributed by atoms with Crippen LogP contribution in [0.4, 0.5) is 4.39 Å². The molecule has 1 saturated heterocycles. The lowest BCUT2D eigenvalue weighted by atomic mass is 9.94. The van der Waals surface area contributed by atoms with Crippen LogP contribution in [0.5, 0.6) is 0 Å². The Balaban J connectivity index is 2.24. The van der Waals surface area contributed by atoms with Crippen LogP contribution in [0.25, 0.3) is 0 Å². The highest BCUT2D eigenvalue weighted by Crippen LogP contribution is 2.27. The first-order chi connectivity index (χ1) is 12.7. The Morgan fingerprint density at radius 2 is 1.85 bits per heavy atom. The molecule has 9 heteroatoms. The summed E-state index contributed by atoms with van der Waals surface area (Å²) in [5, 5.41) is 2.48. The molecule has 1 amide bonds. The van der Waals surface area contributed by atoms with Gasteiger partial charge >= 0.3 is 0 Å². The van der Waals surface area contributed by atoms with E-state index in [-0.39, 0.29) is 28.8 Å². The summed E-state index contributed by atoms with van der Waals surface area (Å²) < 4.78 is 51.4. The maximum Gasteiger partial charge on any atom is 0.254 e. The van der Waals surface area contributed by atoms with Gasteiger partial charge in [0.25, 0.3) is 5.91 Å². The van der Waals surface area contributed by atoms with E-state index in [4.69, 9.17) is 9.47 Å². The van der Waals surface area contributed by atoms with Crippen molar-refractivity contribution >= 4 is 15.9 Å². The van der Waals surface area contributed by atoms with Gasteiger partial charge in [-0.15, -0.1) is 0 Å². The zero-order valence-corrected chi connectivity index (χ0v) is 16.9. The molecule has 1 aliphatic heterocycles. The molecule has 0 spiro atoms. The lowest BCUT2D eigenvalue weighted by Crippen LogP contribution is -2.42. The van der Waals surface area contributed by atoms with E-state index in [1.54, 1.807) is 0 Å². The minimum absolute atomic E-state index is 0.00338. The molecule has 0 aliphatic carbocycles. The van der Waals surface area contributed by atoms with E-state index in [0.717, 1.165) is 18.6 Å². The van der Waals surface area contributed by atoms with Gasteiger partial charge in [0.05, 0.1) is 17.0 Å². The Morgan fingerprint density at radius 3 is 2.41 bits per heavy atom. The normalized spacial score (nSPS) is 21.4. The molecule has 0 bridgehead atoms. The Labute approximate surface area is 159 Å². The monoisotopic (exact) mass is 402 g/mol. The van der Waals surface area contributed by atoms with Crippen molar-refractivity contribution in [3.8, 4) is 0 Å². The number of ether oxygens (including phenoxy) is 2. The second-order valence-electron chi connectivity index (χ2n) is 7.02. The van der Waals surface area contributed by atoms with Crippen LogP contribution >= 0.6 is 0 Å². The first-order valence-electron chi connectivity index (χ1n) is 8.82. The van der Waals surface area contributed by atoms with Crippen molar-refractivity contribution in [2.24, 2.45) is 11.8 Å². The zero-order valence-electron chi connectivity index (χ0n) is 16.1. The van der Waals surface area contributed by atoms with Crippen molar-refractivity contribution in [1.29, 1.82) is 0 Å². The number of sulfonamides is 1. The van der Waals surface area contributed by atoms with E-state index < -0.39 is 28.0 Å². The number of carbonyl (C=O) groups excluding carboxylic acids is 1. The van der Waals surface area contributed by atoms with E-state index in [1.807, 2.05) is 13.8 Å². The number of rotatable bonds is 7. The van der Waals surface area contributed by atoms with Crippen LogP contribution in [0.1, 0.15) is 30.6 Å². The van der Waals surface area contributed by atoms with Gasteiger partial charge in [-0.1, -0.05) is 13.8 Å². The maximum absolute atomic E-state index is 14.1. The van der Waals surface area contributed by atoms with Crippen molar-refractivity contribution in [3.63, 3.8) is 0 Å². The lowest BCUT2D eigenvalue weighted by Gasteiger charge is -2.34. The number of hydrogen-bond donors (Lipinski definition) is 1. The van der Waals surface area contributed by atoms with Crippen molar-refractivity contribution in [2.75, 3.05) is 33.9 Å². The van der Waals surface area contributed by atoms with Crippen LogP contribution in [0.2, 0.25) is 0 Å². The highest BCUT2D eigenvalue weighted by Gasteiger charge is 2.32. The molecule has 27 heavy (non-hydrogen) atoms. The molecule has 1 aliphatic rings. The zero-order chi connectivity index (χ0) is 20.2. The minimum atomic E-state index is -3.80. The third-order valence-electron chi connectivity index (χ3n) is 4.61. The molecule has 7 nitrogen and oxygen atoms in total. The van der Waals surface area contributed by atoms with E-state index in [2.05, 4.69) is 5.32 Å². The smallest absolute Gasteiger partial charge is 0.254 e. The number of nitrogens with zero attached hydrogens (tertiary/aromatic N) is 1. The molecule has 152 valence electrons. The molecule has 1 fully saturated rings. The Hall–Kier alpha value is -1.55. The van der Waals surface area contributed by atoms with Gasteiger partial charge in [0.15, 0.2) is 6.29 Å². The molecule has 1 heterocycles. The lowest BCUT2D eigenvalue weighted by molar-refractivity contribution is -0.0974. The highest BCUT2D eigenvalue weighted by atomic mass is 32.2.